The van der Waals surface area contributed by atoms with E-state index >= 15 is 0 Å². The minimum Gasteiger partial charge on any atom is -0.384 e. The van der Waals surface area contributed by atoms with Crippen molar-refractivity contribution in [3.05, 3.63) is 57.9 Å². The average molecular weight is 524 g/mol. The lowest BCUT2D eigenvalue weighted by Gasteiger charge is -2.19. The van der Waals surface area contributed by atoms with E-state index in [0.29, 0.717) is 48.8 Å². The number of hydrogen-bond acceptors (Lipinski definition) is 6. The molecule has 0 spiro atoms. The first kappa shape index (κ1) is 27.0. The number of fused-ring (bicyclic) bond motifs is 3. The van der Waals surface area contributed by atoms with Crippen LogP contribution in [0.15, 0.2) is 29.2 Å². The first-order valence-electron chi connectivity index (χ1n) is 12.7. The van der Waals surface area contributed by atoms with Crippen LogP contribution in [-0.2, 0) is 27.7 Å². The Hall–Kier alpha value is -3.01. The third-order valence-electron chi connectivity index (χ3n) is 7.52. The molecule has 0 unspecified atom stereocenters. The van der Waals surface area contributed by atoms with E-state index in [-0.39, 0.29) is 0 Å². The number of ether oxygens (including phenoxy) is 1. The van der Waals surface area contributed by atoms with Gasteiger partial charge in [-0.15, -0.1) is 0 Å². The molecule has 198 valence electrons. The molecule has 0 aliphatic carbocycles. The summed E-state index contributed by atoms with van der Waals surface area (Å²) in [5.74, 6) is 1.30. The monoisotopic (exact) mass is 523 g/mol. The molecule has 3 N–H and O–H groups in total. The lowest BCUT2D eigenvalue weighted by molar-refractivity contribution is 0.199. The molecule has 0 saturated carbocycles. The fraction of sp³-hybridized carbons (Fsp3) is 0.429. The summed E-state index contributed by atoms with van der Waals surface area (Å²) in [7, 11) is -1.95. The number of aromatic nitrogens is 3. The van der Waals surface area contributed by atoms with Gasteiger partial charge in [-0.05, 0) is 81.3 Å². The summed E-state index contributed by atoms with van der Waals surface area (Å²) in [5.41, 5.74) is 13.6. The molecule has 0 bridgehead atoms. The number of nitrogens with two attached hydrogens (primary N) is 1. The minimum absolute atomic E-state index is 0.359. The molecule has 2 aromatic carbocycles. The van der Waals surface area contributed by atoms with Gasteiger partial charge in [-0.25, -0.2) is 23.1 Å². The number of hydrogen-bond donors (Lipinski definition) is 2. The first-order chi connectivity index (χ1) is 17.6. The molecule has 0 radical (unpaired) electrons. The van der Waals surface area contributed by atoms with Crippen molar-refractivity contribution in [2.75, 3.05) is 26.0 Å². The molecular formula is C28H37N5O3S. The smallest absolute Gasteiger partial charge is 0.241 e. The number of rotatable bonds is 10. The number of para-hydroxylation sites is 1. The van der Waals surface area contributed by atoms with Crippen molar-refractivity contribution in [3.63, 3.8) is 0 Å². The van der Waals surface area contributed by atoms with Crippen LogP contribution in [0.1, 0.15) is 46.5 Å². The zero-order chi connectivity index (χ0) is 26.9. The van der Waals surface area contributed by atoms with Gasteiger partial charge in [0.05, 0.1) is 22.5 Å². The summed E-state index contributed by atoms with van der Waals surface area (Å²) in [4.78, 5) is 9.74. The van der Waals surface area contributed by atoms with Crippen molar-refractivity contribution < 1.29 is 13.2 Å². The Morgan fingerprint density at radius 1 is 0.946 bits per heavy atom. The summed E-state index contributed by atoms with van der Waals surface area (Å²) < 4.78 is 36.8. The number of sulfonamides is 1. The molecule has 4 rings (SSSR count). The highest BCUT2D eigenvalue weighted by molar-refractivity contribution is 7.89. The summed E-state index contributed by atoms with van der Waals surface area (Å²) in [5, 5.41) is 1.000. The molecule has 2 aromatic heterocycles. The Balaban J connectivity index is 1.54. The number of nitrogen functional groups attached to an aromatic ring is 1. The van der Waals surface area contributed by atoms with Crippen LogP contribution < -0.4 is 10.5 Å². The van der Waals surface area contributed by atoms with Gasteiger partial charge in [0, 0.05) is 32.0 Å². The summed E-state index contributed by atoms with van der Waals surface area (Å²) in [6.45, 7) is 11.4. The maximum absolute atomic E-state index is 13.3. The second-order valence-corrected chi connectivity index (χ2v) is 11.4. The lowest BCUT2D eigenvalue weighted by atomic mass is 9.95. The molecule has 4 aromatic rings. The molecule has 0 amide bonds. The standard InChI is InChI=1S/C28H37N5O3S/c1-17-18(2)20(4)27(21(5)19(17)3)37(34,35)30-14-9-10-15-33-24(13-16-36-6)32-25-26(33)22-11-7-8-12-23(22)31-28(25)29/h7-8,11-12,30H,9-10,13-16H2,1-6H3,(H2,29,31). The Morgan fingerprint density at radius 3 is 2.27 bits per heavy atom. The van der Waals surface area contributed by atoms with Gasteiger partial charge in [-0.3, -0.25) is 0 Å². The van der Waals surface area contributed by atoms with Crippen LogP contribution in [-0.4, -0.2) is 43.2 Å². The number of methoxy groups -OCH3 is 1. The van der Waals surface area contributed by atoms with Crippen molar-refractivity contribution >= 4 is 37.8 Å². The third-order valence-corrected chi connectivity index (χ3v) is 9.25. The maximum Gasteiger partial charge on any atom is 0.241 e. The van der Waals surface area contributed by atoms with E-state index < -0.39 is 10.0 Å². The number of nitrogens with zero attached hydrogens (tertiary/aromatic N) is 3. The molecule has 9 heteroatoms. The highest BCUT2D eigenvalue weighted by atomic mass is 32.2. The molecule has 0 atom stereocenters. The largest absolute Gasteiger partial charge is 0.384 e. The third kappa shape index (κ3) is 5.08. The molecule has 0 saturated heterocycles. The SMILES string of the molecule is COCCc1nc2c(N)nc3ccccc3c2n1CCCCNS(=O)(=O)c1c(C)c(C)c(C)c(C)c1C. The zero-order valence-electron chi connectivity index (χ0n) is 22.6. The number of benzene rings is 2. The van der Waals surface area contributed by atoms with Crippen LogP contribution in [0.4, 0.5) is 5.82 Å². The Labute approximate surface area is 219 Å². The zero-order valence-corrected chi connectivity index (χ0v) is 23.4. The predicted molar refractivity (Wildman–Crippen MR) is 150 cm³/mol. The van der Waals surface area contributed by atoms with Gasteiger partial charge in [0.1, 0.15) is 11.3 Å². The Kier molecular flexibility index (Phi) is 7.87. The van der Waals surface area contributed by atoms with Crippen molar-refractivity contribution in [1.29, 1.82) is 0 Å². The van der Waals surface area contributed by atoms with Gasteiger partial charge in [0.15, 0.2) is 5.82 Å². The molecule has 0 fully saturated rings. The number of imidazole rings is 1. The first-order valence-corrected chi connectivity index (χ1v) is 14.2. The Bertz CT molecular complexity index is 1550. The predicted octanol–water partition coefficient (Wildman–Crippen LogP) is 4.66. The number of unbranched alkanes of at least 4 members (excludes halogenated alkanes) is 1. The van der Waals surface area contributed by atoms with Crippen LogP contribution in [0.5, 0.6) is 0 Å². The quantitative estimate of drug-likeness (QED) is 0.293. The summed E-state index contributed by atoms with van der Waals surface area (Å²) in [6.07, 6.45) is 2.10. The number of pyridine rings is 1. The fourth-order valence-electron chi connectivity index (χ4n) is 5.07. The molecule has 8 nitrogen and oxygen atoms in total. The van der Waals surface area contributed by atoms with Crippen molar-refractivity contribution in [2.45, 2.75) is 65.3 Å². The molecule has 0 aliphatic heterocycles. The van der Waals surface area contributed by atoms with E-state index in [1.807, 2.05) is 58.9 Å². The van der Waals surface area contributed by atoms with E-state index in [4.69, 9.17) is 15.5 Å². The fourth-order valence-corrected chi connectivity index (χ4v) is 6.74. The number of nitrogens with one attached hydrogen (secondary N) is 1. The van der Waals surface area contributed by atoms with Crippen LogP contribution in [0.25, 0.3) is 21.9 Å². The topological polar surface area (TPSA) is 112 Å². The number of anilines is 1. The number of aryl methyl sites for hydroxylation is 1. The average Bonchev–Trinajstić information content (AvgIpc) is 3.24. The van der Waals surface area contributed by atoms with Crippen LogP contribution >= 0.6 is 0 Å². The van der Waals surface area contributed by atoms with Crippen LogP contribution in [0.2, 0.25) is 0 Å². The van der Waals surface area contributed by atoms with E-state index in [2.05, 4.69) is 14.3 Å². The van der Waals surface area contributed by atoms with E-state index in [1.165, 1.54) is 0 Å². The molecule has 2 heterocycles. The van der Waals surface area contributed by atoms with E-state index in [0.717, 1.165) is 56.5 Å². The van der Waals surface area contributed by atoms with Gasteiger partial charge >= 0.3 is 0 Å². The van der Waals surface area contributed by atoms with E-state index in [9.17, 15) is 8.42 Å². The van der Waals surface area contributed by atoms with Crippen molar-refractivity contribution in [1.82, 2.24) is 19.3 Å². The molecular weight excluding hydrogens is 486 g/mol. The second kappa shape index (κ2) is 10.8. The highest BCUT2D eigenvalue weighted by Crippen LogP contribution is 2.30. The van der Waals surface area contributed by atoms with E-state index in [1.54, 1.807) is 7.11 Å². The van der Waals surface area contributed by atoms with Gasteiger partial charge in [-0.2, -0.15) is 0 Å². The van der Waals surface area contributed by atoms with Gasteiger partial charge in [-0.1, -0.05) is 18.2 Å². The van der Waals surface area contributed by atoms with Crippen LogP contribution in [0, 0.1) is 34.6 Å². The van der Waals surface area contributed by atoms with Gasteiger partial charge in [0.2, 0.25) is 10.0 Å². The van der Waals surface area contributed by atoms with Gasteiger partial charge < -0.3 is 15.0 Å². The maximum atomic E-state index is 13.3. The Morgan fingerprint density at radius 2 is 1.59 bits per heavy atom. The van der Waals surface area contributed by atoms with Crippen molar-refractivity contribution in [2.24, 2.45) is 0 Å². The van der Waals surface area contributed by atoms with Gasteiger partial charge in [0.25, 0.3) is 0 Å². The second-order valence-electron chi connectivity index (χ2n) is 9.69. The molecule has 0 aliphatic rings. The normalized spacial score (nSPS) is 12.2. The molecule has 37 heavy (non-hydrogen) atoms. The minimum atomic E-state index is -3.62. The van der Waals surface area contributed by atoms with Crippen molar-refractivity contribution in [3.8, 4) is 0 Å². The summed E-state index contributed by atoms with van der Waals surface area (Å²) in [6, 6.07) is 7.91. The van der Waals surface area contributed by atoms with Crippen LogP contribution in [0.3, 0.4) is 0 Å². The lowest BCUT2D eigenvalue weighted by Crippen LogP contribution is -2.27. The highest BCUT2D eigenvalue weighted by Gasteiger charge is 2.23. The summed E-state index contributed by atoms with van der Waals surface area (Å²) >= 11 is 0.